The van der Waals surface area contributed by atoms with Crippen LogP contribution in [0.25, 0.3) is 0 Å². The van der Waals surface area contributed by atoms with Crippen LogP contribution in [-0.2, 0) is 6.42 Å². The third-order valence-corrected chi connectivity index (χ3v) is 6.48. The molecule has 0 fully saturated rings. The van der Waals surface area contributed by atoms with Crippen molar-refractivity contribution in [2.75, 3.05) is 0 Å². The van der Waals surface area contributed by atoms with Crippen LogP contribution < -0.4 is 0 Å². The van der Waals surface area contributed by atoms with Crippen molar-refractivity contribution in [3.05, 3.63) is 33.9 Å². The van der Waals surface area contributed by atoms with Crippen LogP contribution in [0.4, 0.5) is 0 Å². The summed E-state index contributed by atoms with van der Waals surface area (Å²) in [7, 11) is 0. The smallest absolute Gasteiger partial charge is 0.126 e. The summed E-state index contributed by atoms with van der Waals surface area (Å²) in [5, 5.41) is 21.8. The first kappa shape index (κ1) is 18.9. The zero-order chi connectivity index (χ0) is 18.2. The van der Waals surface area contributed by atoms with Crippen LogP contribution in [-0.4, -0.2) is 10.2 Å². The molecule has 0 radical (unpaired) electrons. The Hall–Kier alpha value is -1.44. The van der Waals surface area contributed by atoms with E-state index in [1.807, 2.05) is 13.8 Å². The zero-order valence-corrected chi connectivity index (χ0v) is 16.5. The highest BCUT2D eigenvalue weighted by Gasteiger charge is 2.39. The average Bonchev–Trinajstić information content (AvgIpc) is 2.54. The van der Waals surface area contributed by atoms with Gasteiger partial charge in [0.05, 0.1) is 0 Å². The molecule has 0 aromatic heterocycles. The number of benzene rings is 1. The Morgan fingerprint density at radius 2 is 1.58 bits per heavy atom. The molecule has 0 aliphatic heterocycles. The molecule has 0 saturated carbocycles. The quantitative estimate of drug-likeness (QED) is 0.650. The summed E-state index contributed by atoms with van der Waals surface area (Å²) >= 11 is 0. The molecule has 1 aliphatic carbocycles. The minimum absolute atomic E-state index is 0.0806. The van der Waals surface area contributed by atoms with Crippen molar-refractivity contribution in [2.45, 2.75) is 80.1 Å². The van der Waals surface area contributed by atoms with E-state index in [0.717, 1.165) is 47.9 Å². The van der Waals surface area contributed by atoms with E-state index in [1.165, 1.54) is 5.57 Å². The number of allylic oxidation sites excluding steroid dienone is 2. The molecule has 0 spiro atoms. The number of rotatable bonds is 4. The SMILES string of the molecule is CCc1c(C)c(O)c(C2C=C(C)CCC2C(C)(C)CC)c(O)c1C. The maximum atomic E-state index is 10.9. The first-order chi connectivity index (χ1) is 11.2. The van der Waals surface area contributed by atoms with Crippen LogP contribution in [0.15, 0.2) is 11.6 Å². The molecule has 0 heterocycles. The first-order valence-corrected chi connectivity index (χ1v) is 9.36. The van der Waals surface area contributed by atoms with Crippen molar-refractivity contribution in [1.82, 2.24) is 0 Å². The van der Waals surface area contributed by atoms with E-state index in [9.17, 15) is 10.2 Å². The summed E-state index contributed by atoms with van der Waals surface area (Å²) in [6.07, 6.45) is 6.42. The molecule has 2 N–H and O–H groups in total. The highest BCUT2D eigenvalue weighted by atomic mass is 16.3. The standard InChI is InChI=1S/C22H34O2/c1-8-16-14(4)20(23)19(21(24)15(16)5)17-12-13(3)10-11-18(17)22(6,7)9-2/h12,17-18,23-24H,8-11H2,1-7H3. The summed E-state index contributed by atoms with van der Waals surface area (Å²) in [5.74, 6) is 1.09. The van der Waals surface area contributed by atoms with E-state index in [1.54, 1.807) is 0 Å². The molecule has 2 nitrogen and oxygen atoms in total. The van der Waals surface area contributed by atoms with Crippen LogP contribution >= 0.6 is 0 Å². The topological polar surface area (TPSA) is 40.5 Å². The summed E-state index contributed by atoms with van der Waals surface area (Å²) in [6, 6.07) is 0. The number of hydrogen-bond donors (Lipinski definition) is 2. The fraction of sp³-hybridized carbons (Fsp3) is 0.636. The molecule has 0 amide bonds. The monoisotopic (exact) mass is 330 g/mol. The van der Waals surface area contributed by atoms with E-state index in [4.69, 9.17) is 0 Å². The summed E-state index contributed by atoms with van der Waals surface area (Å²) in [5.41, 5.74) is 5.19. The van der Waals surface area contributed by atoms with Crippen molar-refractivity contribution < 1.29 is 10.2 Å². The average molecular weight is 331 g/mol. The molecule has 0 bridgehead atoms. The van der Waals surface area contributed by atoms with Crippen molar-refractivity contribution >= 4 is 0 Å². The Kier molecular flexibility index (Phi) is 5.37. The Labute approximate surface area is 147 Å². The Balaban J connectivity index is 2.69. The third-order valence-electron chi connectivity index (χ3n) is 6.48. The lowest BCUT2D eigenvalue weighted by molar-refractivity contribution is 0.164. The van der Waals surface area contributed by atoms with Crippen molar-refractivity contribution in [2.24, 2.45) is 11.3 Å². The minimum Gasteiger partial charge on any atom is -0.507 e. The molecule has 2 unspecified atom stereocenters. The molecular formula is C22H34O2. The maximum Gasteiger partial charge on any atom is 0.126 e. The van der Waals surface area contributed by atoms with E-state index >= 15 is 0 Å². The lowest BCUT2D eigenvalue weighted by Gasteiger charge is -2.42. The third kappa shape index (κ3) is 3.08. The Morgan fingerprint density at radius 1 is 1.04 bits per heavy atom. The molecule has 0 saturated heterocycles. The number of hydrogen-bond acceptors (Lipinski definition) is 2. The first-order valence-electron chi connectivity index (χ1n) is 9.36. The van der Waals surface area contributed by atoms with Gasteiger partial charge in [-0.1, -0.05) is 45.8 Å². The van der Waals surface area contributed by atoms with Crippen LogP contribution in [0.3, 0.4) is 0 Å². The lowest BCUT2D eigenvalue weighted by atomic mass is 9.63. The molecule has 134 valence electrons. The predicted molar refractivity (Wildman–Crippen MR) is 102 cm³/mol. The van der Waals surface area contributed by atoms with Crippen molar-refractivity contribution in [1.29, 1.82) is 0 Å². The van der Waals surface area contributed by atoms with E-state index in [-0.39, 0.29) is 11.3 Å². The van der Waals surface area contributed by atoms with Crippen LogP contribution in [0, 0.1) is 25.2 Å². The van der Waals surface area contributed by atoms with E-state index in [2.05, 4.69) is 40.7 Å². The minimum atomic E-state index is 0.0806. The van der Waals surface area contributed by atoms with Gasteiger partial charge in [0.1, 0.15) is 11.5 Å². The normalized spacial score (nSPS) is 21.7. The summed E-state index contributed by atoms with van der Waals surface area (Å²) < 4.78 is 0. The van der Waals surface area contributed by atoms with Gasteiger partial charge in [0.25, 0.3) is 0 Å². The second-order valence-electron chi connectivity index (χ2n) is 8.22. The van der Waals surface area contributed by atoms with Crippen molar-refractivity contribution in [3.63, 3.8) is 0 Å². The fourth-order valence-corrected chi connectivity index (χ4v) is 4.42. The van der Waals surface area contributed by atoms with Gasteiger partial charge in [-0.15, -0.1) is 0 Å². The van der Waals surface area contributed by atoms with Crippen molar-refractivity contribution in [3.8, 4) is 11.5 Å². The predicted octanol–water partition coefficient (Wildman–Crippen LogP) is 6.15. The molecule has 24 heavy (non-hydrogen) atoms. The zero-order valence-electron chi connectivity index (χ0n) is 16.5. The summed E-state index contributed by atoms with van der Waals surface area (Å²) in [6.45, 7) is 15.0. The van der Waals surface area contributed by atoms with Gasteiger partial charge >= 0.3 is 0 Å². The van der Waals surface area contributed by atoms with Gasteiger partial charge in [0, 0.05) is 11.5 Å². The second-order valence-corrected chi connectivity index (χ2v) is 8.22. The highest BCUT2D eigenvalue weighted by Crippen LogP contribution is 2.53. The Bertz CT molecular complexity index is 623. The largest absolute Gasteiger partial charge is 0.507 e. The van der Waals surface area contributed by atoms with Gasteiger partial charge in [-0.2, -0.15) is 0 Å². The van der Waals surface area contributed by atoms with Crippen LogP contribution in [0.2, 0.25) is 0 Å². The van der Waals surface area contributed by atoms with Gasteiger partial charge in [0.2, 0.25) is 0 Å². The molecule has 1 aromatic rings. The number of phenols is 2. The molecule has 2 atom stereocenters. The Morgan fingerprint density at radius 3 is 2.04 bits per heavy atom. The van der Waals surface area contributed by atoms with Gasteiger partial charge < -0.3 is 10.2 Å². The van der Waals surface area contributed by atoms with Gasteiger partial charge in [-0.3, -0.25) is 0 Å². The van der Waals surface area contributed by atoms with Gasteiger partial charge in [0.15, 0.2) is 0 Å². The number of aromatic hydroxyl groups is 2. The lowest BCUT2D eigenvalue weighted by Crippen LogP contribution is -2.30. The molecule has 2 rings (SSSR count). The summed E-state index contributed by atoms with van der Waals surface area (Å²) in [4.78, 5) is 0. The van der Waals surface area contributed by atoms with Crippen LogP contribution in [0.5, 0.6) is 11.5 Å². The molecule has 1 aromatic carbocycles. The fourth-order valence-electron chi connectivity index (χ4n) is 4.42. The van der Waals surface area contributed by atoms with Gasteiger partial charge in [-0.05, 0) is 68.1 Å². The molecular weight excluding hydrogens is 296 g/mol. The van der Waals surface area contributed by atoms with E-state index < -0.39 is 0 Å². The molecule has 2 heteroatoms. The number of phenolic OH excluding ortho intramolecular Hbond substituents is 2. The molecule has 1 aliphatic rings. The highest BCUT2D eigenvalue weighted by molar-refractivity contribution is 5.60. The second kappa shape index (κ2) is 6.82. The van der Waals surface area contributed by atoms with E-state index in [0.29, 0.717) is 17.4 Å². The maximum absolute atomic E-state index is 10.9. The van der Waals surface area contributed by atoms with Gasteiger partial charge in [-0.25, -0.2) is 0 Å². The van der Waals surface area contributed by atoms with Crippen LogP contribution in [0.1, 0.15) is 82.1 Å².